The van der Waals surface area contributed by atoms with E-state index in [1.807, 2.05) is 0 Å². The Morgan fingerprint density at radius 1 is 1.18 bits per heavy atom. The third-order valence-corrected chi connectivity index (χ3v) is 4.18. The number of carbonyl (C=O) groups is 2. The molecule has 28 heavy (non-hydrogen) atoms. The van der Waals surface area contributed by atoms with E-state index in [2.05, 4.69) is 25.6 Å². The van der Waals surface area contributed by atoms with Crippen LogP contribution in [-0.4, -0.2) is 56.7 Å². The van der Waals surface area contributed by atoms with Crippen LogP contribution >= 0.6 is 0 Å². The largest absolute Gasteiger partial charge is 0.394 e. The van der Waals surface area contributed by atoms with E-state index in [0.29, 0.717) is 17.8 Å². The number of aliphatic hydroxyl groups excluding tert-OH is 1. The van der Waals surface area contributed by atoms with Crippen LogP contribution in [0.2, 0.25) is 0 Å². The van der Waals surface area contributed by atoms with Gasteiger partial charge in [0.25, 0.3) is 5.91 Å². The number of hydrogen-bond acceptors (Lipinski definition) is 7. The summed E-state index contributed by atoms with van der Waals surface area (Å²) in [6, 6.07) is 4.53. The quantitative estimate of drug-likeness (QED) is 0.574. The number of amides is 2. The highest BCUT2D eigenvalue weighted by molar-refractivity contribution is 5.94. The molecule has 1 aliphatic heterocycles. The van der Waals surface area contributed by atoms with E-state index in [1.165, 1.54) is 12.5 Å². The average Bonchev–Trinajstić information content (AvgIpc) is 2.74. The monoisotopic (exact) mass is 383 g/mol. The number of aliphatic hydroxyl groups is 1. The highest BCUT2D eigenvalue weighted by Crippen LogP contribution is 2.16. The number of nitrogens with zero attached hydrogens (tertiary/aromatic N) is 3. The lowest BCUT2D eigenvalue weighted by atomic mass is 10.0. The van der Waals surface area contributed by atoms with Crippen LogP contribution in [0.3, 0.4) is 0 Å². The smallest absolute Gasteiger partial charge is 0.253 e. The van der Waals surface area contributed by atoms with Gasteiger partial charge in [0, 0.05) is 18.6 Å². The third kappa shape index (κ3) is 5.41. The van der Waals surface area contributed by atoms with Gasteiger partial charge in [0.1, 0.15) is 12.4 Å². The number of hydrogen-bond donors (Lipinski definition) is 3. The maximum absolute atomic E-state index is 12.3. The van der Waals surface area contributed by atoms with Crippen molar-refractivity contribution in [2.75, 3.05) is 6.61 Å². The third-order valence-electron chi connectivity index (χ3n) is 4.18. The molecule has 9 nitrogen and oxygen atoms in total. The maximum atomic E-state index is 12.3. The molecule has 0 spiro atoms. The Kier molecular flexibility index (Phi) is 6.77. The highest BCUT2D eigenvalue weighted by atomic mass is 16.5. The highest BCUT2D eigenvalue weighted by Gasteiger charge is 2.29. The zero-order valence-electron chi connectivity index (χ0n) is 15.1. The standard InChI is InChI=1S/C19H21N5O4/c25-11-17-16(24-19(27)13-2-1-6-20-9-13)4-3-15(28-17)8-18(26)22-10-14-5-7-21-12-23-14/h1-7,9,12,15-17,25H,8,10-11H2,(H,22,26)(H,24,27)/t15-,16+,17+/m1/s1. The Labute approximate surface area is 161 Å². The second-order valence-corrected chi connectivity index (χ2v) is 6.20. The van der Waals surface area contributed by atoms with Crippen LogP contribution < -0.4 is 10.6 Å². The summed E-state index contributed by atoms with van der Waals surface area (Å²) in [4.78, 5) is 36.1. The Bertz CT molecular complexity index is 816. The van der Waals surface area contributed by atoms with E-state index < -0.39 is 18.2 Å². The Balaban J connectivity index is 1.52. The molecule has 146 valence electrons. The predicted octanol–water partition coefficient (Wildman–Crippen LogP) is -0.00760. The summed E-state index contributed by atoms with van der Waals surface area (Å²) in [5.74, 6) is -0.520. The van der Waals surface area contributed by atoms with Crippen LogP contribution in [-0.2, 0) is 16.1 Å². The van der Waals surface area contributed by atoms with Crippen LogP contribution in [0.25, 0.3) is 0 Å². The minimum atomic E-state index is -0.648. The molecule has 2 aromatic rings. The van der Waals surface area contributed by atoms with Crippen molar-refractivity contribution in [1.82, 2.24) is 25.6 Å². The number of pyridine rings is 1. The van der Waals surface area contributed by atoms with Crippen molar-refractivity contribution in [2.24, 2.45) is 0 Å². The maximum Gasteiger partial charge on any atom is 0.253 e. The second kappa shape index (κ2) is 9.67. The van der Waals surface area contributed by atoms with Crippen molar-refractivity contribution in [1.29, 1.82) is 0 Å². The van der Waals surface area contributed by atoms with E-state index in [-0.39, 0.29) is 24.8 Å². The van der Waals surface area contributed by atoms with Gasteiger partial charge in [0.15, 0.2) is 0 Å². The van der Waals surface area contributed by atoms with Crippen molar-refractivity contribution in [3.8, 4) is 0 Å². The minimum Gasteiger partial charge on any atom is -0.394 e. The molecule has 0 aliphatic carbocycles. The molecule has 0 unspecified atom stereocenters. The molecular weight excluding hydrogens is 362 g/mol. The van der Waals surface area contributed by atoms with Crippen LogP contribution in [0.15, 0.2) is 55.3 Å². The first-order chi connectivity index (χ1) is 13.7. The summed E-state index contributed by atoms with van der Waals surface area (Å²) in [5, 5.41) is 15.2. The first-order valence-corrected chi connectivity index (χ1v) is 8.83. The average molecular weight is 383 g/mol. The molecule has 2 aromatic heterocycles. The molecule has 0 fully saturated rings. The Morgan fingerprint density at radius 2 is 2.07 bits per heavy atom. The summed E-state index contributed by atoms with van der Waals surface area (Å²) in [7, 11) is 0. The van der Waals surface area contributed by atoms with Gasteiger partial charge in [0.2, 0.25) is 5.91 Å². The van der Waals surface area contributed by atoms with Crippen molar-refractivity contribution >= 4 is 11.8 Å². The first-order valence-electron chi connectivity index (χ1n) is 8.83. The summed E-state index contributed by atoms with van der Waals surface area (Å²) >= 11 is 0. The fraction of sp³-hybridized carbons (Fsp3) is 0.316. The molecule has 1 aliphatic rings. The lowest BCUT2D eigenvalue weighted by Crippen LogP contribution is -2.49. The van der Waals surface area contributed by atoms with Crippen LogP contribution in [0.5, 0.6) is 0 Å². The molecule has 0 radical (unpaired) electrons. The van der Waals surface area contributed by atoms with Gasteiger partial charge >= 0.3 is 0 Å². The van der Waals surface area contributed by atoms with Gasteiger partial charge in [-0.2, -0.15) is 0 Å². The van der Waals surface area contributed by atoms with E-state index in [0.717, 1.165) is 0 Å². The number of carbonyl (C=O) groups excluding carboxylic acids is 2. The van der Waals surface area contributed by atoms with Crippen molar-refractivity contribution in [3.05, 3.63) is 66.5 Å². The molecule has 0 saturated heterocycles. The number of ether oxygens (including phenoxy) is 1. The molecule has 9 heteroatoms. The van der Waals surface area contributed by atoms with Crippen molar-refractivity contribution in [2.45, 2.75) is 31.2 Å². The molecule has 3 atom stereocenters. The Hall–Kier alpha value is -3.17. The summed E-state index contributed by atoms with van der Waals surface area (Å²) in [6.07, 6.45) is 8.47. The molecule has 0 saturated carbocycles. The van der Waals surface area contributed by atoms with Crippen LogP contribution in [0.1, 0.15) is 22.5 Å². The summed E-state index contributed by atoms with van der Waals surface area (Å²) < 4.78 is 5.75. The SMILES string of the molecule is O=C(C[C@H]1C=C[C@H](NC(=O)c2cccnc2)[C@H](CO)O1)NCc1ccncn1. The summed E-state index contributed by atoms with van der Waals surface area (Å²) in [6.45, 7) is 0.00634. The molecule has 0 aromatic carbocycles. The van der Waals surface area contributed by atoms with Gasteiger partial charge in [-0.15, -0.1) is 0 Å². The van der Waals surface area contributed by atoms with Crippen molar-refractivity contribution in [3.63, 3.8) is 0 Å². The van der Waals surface area contributed by atoms with Gasteiger partial charge in [-0.1, -0.05) is 12.2 Å². The molecule has 3 heterocycles. The van der Waals surface area contributed by atoms with E-state index in [9.17, 15) is 14.7 Å². The molecule has 0 bridgehead atoms. The molecule has 3 rings (SSSR count). The van der Waals surface area contributed by atoms with Gasteiger partial charge in [0.05, 0.1) is 43.0 Å². The van der Waals surface area contributed by atoms with E-state index in [1.54, 1.807) is 42.7 Å². The number of nitrogens with one attached hydrogen (secondary N) is 2. The van der Waals surface area contributed by atoms with Gasteiger partial charge in [-0.25, -0.2) is 9.97 Å². The predicted molar refractivity (Wildman–Crippen MR) is 98.9 cm³/mol. The van der Waals surface area contributed by atoms with E-state index >= 15 is 0 Å². The fourth-order valence-electron chi connectivity index (χ4n) is 2.73. The lowest BCUT2D eigenvalue weighted by molar-refractivity contribution is -0.125. The van der Waals surface area contributed by atoms with Crippen LogP contribution in [0, 0.1) is 0 Å². The summed E-state index contributed by atoms with van der Waals surface area (Å²) in [5.41, 5.74) is 1.12. The van der Waals surface area contributed by atoms with Gasteiger partial charge < -0.3 is 20.5 Å². The van der Waals surface area contributed by atoms with E-state index in [4.69, 9.17) is 4.74 Å². The molecule has 3 N–H and O–H groups in total. The molecule has 2 amide bonds. The number of aromatic nitrogens is 3. The van der Waals surface area contributed by atoms with Crippen molar-refractivity contribution < 1.29 is 19.4 Å². The second-order valence-electron chi connectivity index (χ2n) is 6.20. The van der Waals surface area contributed by atoms with Crippen LogP contribution in [0.4, 0.5) is 0 Å². The topological polar surface area (TPSA) is 126 Å². The lowest BCUT2D eigenvalue weighted by Gasteiger charge is -2.31. The number of rotatable bonds is 7. The van der Waals surface area contributed by atoms with Gasteiger partial charge in [-0.3, -0.25) is 14.6 Å². The zero-order valence-corrected chi connectivity index (χ0v) is 15.1. The zero-order chi connectivity index (χ0) is 19.8. The normalized spacial score (nSPS) is 21.1. The fourth-order valence-corrected chi connectivity index (χ4v) is 2.73. The molecular formula is C19H21N5O4. The van der Waals surface area contributed by atoms with Gasteiger partial charge in [-0.05, 0) is 18.2 Å². The minimum absolute atomic E-state index is 0.0986. The Morgan fingerprint density at radius 3 is 2.79 bits per heavy atom. The first kappa shape index (κ1) is 19.6.